The van der Waals surface area contributed by atoms with Gasteiger partial charge in [-0.2, -0.15) is 11.8 Å². The number of carbonyl (C=O) groups is 2. The lowest BCUT2D eigenvalue weighted by Gasteiger charge is -2.17. The van der Waals surface area contributed by atoms with Crippen molar-refractivity contribution >= 4 is 23.6 Å². The minimum atomic E-state index is -0.319. The van der Waals surface area contributed by atoms with Crippen LogP contribution in [-0.2, 0) is 9.59 Å². The van der Waals surface area contributed by atoms with E-state index in [2.05, 4.69) is 17.2 Å². The maximum atomic E-state index is 11.7. The largest absolute Gasteiger partial charge is 0.355 e. The van der Waals surface area contributed by atoms with E-state index in [1.54, 1.807) is 12.2 Å². The van der Waals surface area contributed by atoms with Crippen molar-refractivity contribution in [3.05, 3.63) is 36.1 Å². The van der Waals surface area contributed by atoms with Gasteiger partial charge in [0, 0.05) is 18.7 Å². The Morgan fingerprint density at radius 3 is 2.89 bits per heavy atom. The van der Waals surface area contributed by atoms with Crippen molar-refractivity contribution < 1.29 is 9.59 Å². The zero-order chi connectivity index (χ0) is 14.3. The average molecular weight is 281 g/mol. The molecule has 1 rings (SSSR count). The molecule has 19 heavy (non-hydrogen) atoms. The maximum absolute atomic E-state index is 11.7. The second-order valence-electron chi connectivity index (χ2n) is 4.14. The molecule has 0 spiro atoms. The van der Waals surface area contributed by atoms with Gasteiger partial charge in [-0.15, -0.1) is 0 Å². The third-order valence-electron chi connectivity index (χ3n) is 2.45. The fourth-order valence-corrected chi connectivity index (χ4v) is 1.88. The Hall–Kier alpha value is -1.53. The number of rotatable bonds is 6. The van der Waals surface area contributed by atoms with Gasteiger partial charge in [0.05, 0.1) is 11.8 Å². The molecule has 0 bridgehead atoms. The number of nitrogens with one attached hydrogen (secondary N) is 2. The van der Waals surface area contributed by atoms with E-state index in [0.29, 0.717) is 18.0 Å². The summed E-state index contributed by atoms with van der Waals surface area (Å²) in [5.41, 5.74) is 7.25. The Morgan fingerprint density at radius 2 is 2.21 bits per heavy atom. The van der Waals surface area contributed by atoms with E-state index in [4.69, 9.17) is 5.73 Å². The summed E-state index contributed by atoms with van der Waals surface area (Å²) in [6, 6.07) is -0.319. The lowest BCUT2D eigenvalue weighted by molar-refractivity contribution is -0.121. The molecule has 1 aliphatic carbocycles. The molecule has 0 saturated carbocycles. The van der Waals surface area contributed by atoms with Gasteiger partial charge in [-0.1, -0.05) is 18.7 Å². The van der Waals surface area contributed by atoms with Crippen LogP contribution in [0.2, 0.25) is 0 Å². The first-order valence-electron chi connectivity index (χ1n) is 5.92. The van der Waals surface area contributed by atoms with Crippen LogP contribution in [-0.4, -0.2) is 36.4 Å². The zero-order valence-corrected chi connectivity index (χ0v) is 11.8. The Bertz CT molecular complexity index is 430. The molecule has 6 heteroatoms. The first-order chi connectivity index (χ1) is 9.02. The minimum absolute atomic E-state index is 0.0646. The second kappa shape index (κ2) is 7.81. The molecule has 104 valence electrons. The minimum Gasteiger partial charge on any atom is -0.355 e. The van der Waals surface area contributed by atoms with Crippen LogP contribution in [0.1, 0.15) is 6.42 Å². The number of carbonyl (C=O) groups excluding carboxylic acids is 2. The highest BCUT2D eigenvalue weighted by Gasteiger charge is 2.13. The summed E-state index contributed by atoms with van der Waals surface area (Å²) in [4.78, 5) is 22.9. The van der Waals surface area contributed by atoms with Gasteiger partial charge in [-0.25, -0.2) is 0 Å². The molecule has 0 aliphatic heterocycles. The topological polar surface area (TPSA) is 84.2 Å². The molecule has 1 atom stereocenters. The number of allylic oxidation sites excluding steroid dienone is 3. The van der Waals surface area contributed by atoms with Gasteiger partial charge in [0.15, 0.2) is 0 Å². The van der Waals surface area contributed by atoms with E-state index >= 15 is 0 Å². The molecular weight excluding hydrogens is 262 g/mol. The first-order valence-corrected chi connectivity index (χ1v) is 7.32. The number of nitrogens with two attached hydrogens (primary N) is 1. The van der Waals surface area contributed by atoms with E-state index in [1.165, 1.54) is 11.8 Å². The van der Waals surface area contributed by atoms with Crippen molar-refractivity contribution in [3.8, 4) is 0 Å². The predicted molar refractivity (Wildman–Crippen MR) is 78.5 cm³/mol. The van der Waals surface area contributed by atoms with Crippen LogP contribution in [0, 0.1) is 0 Å². The maximum Gasteiger partial charge on any atom is 0.229 e. The van der Waals surface area contributed by atoms with Gasteiger partial charge in [0.2, 0.25) is 11.8 Å². The van der Waals surface area contributed by atoms with Gasteiger partial charge >= 0.3 is 0 Å². The number of hydrogen-bond donors (Lipinski definition) is 3. The van der Waals surface area contributed by atoms with Crippen molar-refractivity contribution in [3.63, 3.8) is 0 Å². The van der Waals surface area contributed by atoms with E-state index in [0.717, 1.165) is 5.57 Å². The molecular formula is C13H19N3O2S. The fraction of sp³-hybridized carbons (Fsp3) is 0.385. The summed E-state index contributed by atoms with van der Waals surface area (Å²) in [6.07, 6.45) is 7.40. The summed E-state index contributed by atoms with van der Waals surface area (Å²) >= 11 is 1.44. The highest BCUT2D eigenvalue weighted by Crippen LogP contribution is 2.11. The molecule has 0 saturated heterocycles. The summed E-state index contributed by atoms with van der Waals surface area (Å²) in [7, 11) is 0. The molecule has 1 unspecified atom stereocenters. The van der Waals surface area contributed by atoms with Gasteiger partial charge in [-0.3, -0.25) is 9.59 Å². The van der Waals surface area contributed by atoms with Crippen LogP contribution in [0.15, 0.2) is 36.1 Å². The van der Waals surface area contributed by atoms with Crippen LogP contribution in [0.25, 0.3) is 0 Å². The summed E-state index contributed by atoms with van der Waals surface area (Å²) in [5, 5.41) is 5.40. The average Bonchev–Trinajstić information content (AvgIpc) is 2.34. The van der Waals surface area contributed by atoms with E-state index < -0.39 is 0 Å². The quantitative estimate of drug-likeness (QED) is 0.654. The van der Waals surface area contributed by atoms with E-state index in [-0.39, 0.29) is 24.3 Å². The zero-order valence-electron chi connectivity index (χ0n) is 10.9. The summed E-state index contributed by atoms with van der Waals surface area (Å²) < 4.78 is 0. The lowest BCUT2D eigenvalue weighted by Crippen LogP contribution is -2.36. The van der Waals surface area contributed by atoms with Crippen LogP contribution < -0.4 is 16.4 Å². The summed E-state index contributed by atoms with van der Waals surface area (Å²) in [5.74, 6) is 0.168. The van der Waals surface area contributed by atoms with Gasteiger partial charge in [-0.05, 0) is 17.9 Å². The van der Waals surface area contributed by atoms with Crippen LogP contribution >= 0.6 is 11.8 Å². The van der Waals surface area contributed by atoms with E-state index in [1.807, 2.05) is 12.3 Å². The standard InChI is InChI=1S/C13H19N3O2S/c1-9-3-4-10(14)11(7-9)16-12(17)5-6-15-13(18)8-19-2/h3-4,7,10H,1,5-6,8,14H2,2H3,(H,15,18)(H,16,17). The number of hydrogen-bond acceptors (Lipinski definition) is 4. The predicted octanol–water partition coefficient (Wildman–Crippen LogP) is 0.309. The SMILES string of the molecule is C=C1C=CC(N)C(NC(=O)CCNC(=O)CSC)=C1. The van der Waals surface area contributed by atoms with Gasteiger partial charge in [0.1, 0.15) is 0 Å². The van der Waals surface area contributed by atoms with Gasteiger partial charge < -0.3 is 16.4 Å². The highest BCUT2D eigenvalue weighted by atomic mass is 32.2. The normalized spacial score (nSPS) is 17.9. The molecule has 0 aromatic carbocycles. The van der Waals surface area contributed by atoms with Crippen molar-refractivity contribution in [2.75, 3.05) is 18.6 Å². The van der Waals surface area contributed by atoms with Crippen LogP contribution in [0.3, 0.4) is 0 Å². The molecule has 0 aromatic rings. The Kier molecular flexibility index (Phi) is 6.38. The molecule has 0 heterocycles. The third kappa shape index (κ3) is 5.76. The third-order valence-corrected chi connectivity index (χ3v) is 3.00. The van der Waals surface area contributed by atoms with Crippen molar-refractivity contribution in [2.24, 2.45) is 5.73 Å². The Labute approximate surface area is 117 Å². The Morgan fingerprint density at radius 1 is 1.47 bits per heavy atom. The van der Waals surface area contributed by atoms with Crippen molar-refractivity contribution in [1.29, 1.82) is 0 Å². The molecule has 0 radical (unpaired) electrons. The number of amides is 2. The fourth-order valence-electron chi connectivity index (χ4n) is 1.52. The van der Waals surface area contributed by atoms with Crippen LogP contribution in [0.4, 0.5) is 0 Å². The molecule has 2 amide bonds. The molecule has 5 nitrogen and oxygen atoms in total. The van der Waals surface area contributed by atoms with Crippen molar-refractivity contribution in [1.82, 2.24) is 10.6 Å². The van der Waals surface area contributed by atoms with Gasteiger partial charge in [0.25, 0.3) is 0 Å². The molecule has 4 N–H and O–H groups in total. The van der Waals surface area contributed by atoms with Crippen LogP contribution in [0.5, 0.6) is 0 Å². The molecule has 0 fully saturated rings. The number of thioether (sulfide) groups is 1. The first kappa shape index (κ1) is 15.5. The van der Waals surface area contributed by atoms with Crippen molar-refractivity contribution in [2.45, 2.75) is 12.5 Å². The van der Waals surface area contributed by atoms with E-state index in [9.17, 15) is 9.59 Å². The molecule has 1 aliphatic rings. The Balaban J connectivity index is 2.32. The summed E-state index contributed by atoms with van der Waals surface area (Å²) in [6.45, 7) is 4.11. The lowest BCUT2D eigenvalue weighted by atomic mass is 10.0. The monoisotopic (exact) mass is 281 g/mol. The highest BCUT2D eigenvalue weighted by molar-refractivity contribution is 7.99. The smallest absolute Gasteiger partial charge is 0.229 e. The molecule has 0 aromatic heterocycles. The second-order valence-corrected chi connectivity index (χ2v) is 5.01.